The number of halogens is 1. The quantitative estimate of drug-likeness (QED) is 0.564. The summed E-state index contributed by atoms with van der Waals surface area (Å²) in [5, 5.41) is 2.48. The molecule has 0 spiro atoms. The first-order valence-corrected chi connectivity index (χ1v) is 12.2. The van der Waals surface area contributed by atoms with Crippen LogP contribution in [0.3, 0.4) is 0 Å². The lowest BCUT2D eigenvalue weighted by Crippen LogP contribution is -2.39. The Morgan fingerprint density at radius 2 is 1.90 bits per heavy atom. The maximum absolute atomic E-state index is 13.5. The fourth-order valence-electron chi connectivity index (χ4n) is 3.67. The number of piperidine rings is 1. The van der Waals surface area contributed by atoms with Crippen LogP contribution < -0.4 is 9.64 Å². The molecule has 0 bridgehead atoms. The maximum Gasteiger partial charge on any atom is 0.185 e. The number of thiazole rings is 1. The lowest BCUT2D eigenvalue weighted by Gasteiger charge is -2.31. The summed E-state index contributed by atoms with van der Waals surface area (Å²) in [4.78, 5) is 6.95. The summed E-state index contributed by atoms with van der Waals surface area (Å²) in [6.45, 7) is 1.24. The third kappa shape index (κ3) is 4.49. The van der Waals surface area contributed by atoms with E-state index in [1.54, 1.807) is 18.4 Å². The zero-order chi connectivity index (χ0) is 21.1. The van der Waals surface area contributed by atoms with Crippen molar-refractivity contribution in [3.05, 3.63) is 71.0 Å². The van der Waals surface area contributed by atoms with Crippen molar-refractivity contribution in [3.63, 3.8) is 0 Å². The Morgan fingerprint density at radius 3 is 2.57 bits per heavy atom. The Bertz CT molecular complexity index is 1110. The minimum atomic E-state index is -3.53. The predicted molar refractivity (Wildman–Crippen MR) is 117 cm³/mol. The summed E-state index contributed by atoms with van der Waals surface area (Å²) in [6, 6.07) is 13.2. The average molecular weight is 447 g/mol. The van der Waals surface area contributed by atoms with Crippen LogP contribution in [0.2, 0.25) is 0 Å². The lowest BCUT2D eigenvalue weighted by atomic mass is 10.1. The molecule has 1 fully saturated rings. The van der Waals surface area contributed by atoms with Gasteiger partial charge in [-0.05, 0) is 48.7 Å². The number of benzene rings is 2. The molecule has 0 atom stereocenters. The van der Waals surface area contributed by atoms with E-state index < -0.39 is 20.9 Å². The summed E-state index contributed by atoms with van der Waals surface area (Å²) in [6.07, 6.45) is 1.75. The van der Waals surface area contributed by atoms with Crippen LogP contribution in [0.25, 0.3) is 0 Å². The van der Waals surface area contributed by atoms with Crippen LogP contribution >= 0.6 is 11.3 Å². The van der Waals surface area contributed by atoms with Crippen molar-refractivity contribution in [3.8, 4) is 5.75 Å². The zero-order valence-corrected chi connectivity index (χ0v) is 18.3. The minimum Gasteiger partial charge on any atom is -0.497 e. The van der Waals surface area contributed by atoms with Crippen LogP contribution in [0.4, 0.5) is 9.52 Å². The molecule has 1 aromatic heterocycles. The summed E-state index contributed by atoms with van der Waals surface area (Å²) in [7, 11) is -1.88. The van der Waals surface area contributed by atoms with Gasteiger partial charge in [0.1, 0.15) is 11.6 Å². The second kappa shape index (κ2) is 8.73. The predicted octanol–water partition coefficient (Wildman–Crippen LogP) is 4.32. The molecule has 0 amide bonds. The van der Waals surface area contributed by atoms with Crippen LogP contribution in [-0.2, 0) is 16.3 Å². The Morgan fingerprint density at radius 1 is 1.17 bits per heavy atom. The van der Waals surface area contributed by atoms with Gasteiger partial charge in [0, 0.05) is 24.9 Å². The lowest BCUT2D eigenvalue weighted by molar-refractivity contribution is 0.414. The molecule has 158 valence electrons. The second-order valence-corrected chi connectivity index (χ2v) is 10.4. The van der Waals surface area contributed by atoms with Crippen molar-refractivity contribution >= 4 is 26.3 Å². The minimum absolute atomic E-state index is 0.0666. The van der Waals surface area contributed by atoms with Crippen LogP contribution in [0, 0.1) is 5.82 Å². The highest BCUT2D eigenvalue weighted by molar-refractivity contribution is 7.92. The first kappa shape index (κ1) is 20.8. The van der Waals surface area contributed by atoms with E-state index in [-0.39, 0.29) is 4.90 Å². The van der Waals surface area contributed by atoms with Gasteiger partial charge in [-0.15, -0.1) is 11.3 Å². The molecule has 0 unspecified atom stereocenters. The van der Waals surface area contributed by atoms with Crippen molar-refractivity contribution < 1.29 is 17.5 Å². The molecule has 30 heavy (non-hydrogen) atoms. The van der Waals surface area contributed by atoms with Gasteiger partial charge in [0.2, 0.25) is 0 Å². The van der Waals surface area contributed by atoms with Gasteiger partial charge in [0.25, 0.3) is 0 Å². The van der Waals surface area contributed by atoms with Crippen molar-refractivity contribution in [2.75, 3.05) is 25.1 Å². The van der Waals surface area contributed by atoms with Crippen molar-refractivity contribution in [2.24, 2.45) is 0 Å². The van der Waals surface area contributed by atoms with Crippen molar-refractivity contribution in [1.82, 2.24) is 4.98 Å². The van der Waals surface area contributed by atoms with E-state index >= 15 is 0 Å². The van der Waals surface area contributed by atoms with E-state index in [0.717, 1.165) is 34.6 Å². The standard InChI is InChI=1S/C22H23FN2O3S2/c1-28-19-7-5-16(6-8-19)13-18-15-29-22(24-18)25-11-9-20(10-12-25)30(26,27)21-4-2-3-17(23)14-21/h2-8,14-15,20H,9-13H2,1H3. The zero-order valence-electron chi connectivity index (χ0n) is 16.6. The van der Waals surface area contributed by atoms with Gasteiger partial charge in [-0.3, -0.25) is 0 Å². The maximum atomic E-state index is 13.5. The van der Waals surface area contributed by atoms with E-state index in [9.17, 15) is 12.8 Å². The Kier molecular flexibility index (Phi) is 6.06. The molecule has 0 saturated carbocycles. The highest BCUT2D eigenvalue weighted by Crippen LogP contribution is 2.30. The summed E-state index contributed by atoms with van der Waals surface area (Å²) >= 11 is 1.58. The number of sulfone groups is 1. The third-order valence-electron chi connectivity index (χ3n) is 5.36. The number of aromatic nitrogens is 1. The van der Waals surface area contributed by atoms with Gasteiger partial charge in [-0.2, -0.15) is 0 Å². The molecule has 2 heterocycles. The molecule has 3 aromatic rings. The molecule has 1 aliphatic rings. The molecular weight excluding hydrogens is 423 g/mol. The normalized spacial score (nSPS) is 15.3. The van der Waals surface area contributed by atoms with Crippen LogP contribution in [-0.4, -0.2) is 38.9 Å². The van der Waals surface area contributed by atoms with E-state index in [1.165, 1.54) is 18.2 Å². The number of methoxy groups -OCH3 is 1. The highest BCUT2D eigenvalue weighted by Gasteiger charge is 2.32. The Hall–Kier alpha value is -2.45. The Labute approximate surface area is 180 Å². The van der Waals surface area contributed by atoms with Crippen molar-refractivity contribution in [1.29, 1.82) is 0 Å². The van der Waals surface area contributed by atoms with E-state index in [2.05, 4.69) is 10.3 Å². The van der Waals surface area contributed by atoms with Gasteiger partial charge in [0.05, 0.1) is 22.9 Å². The van der Waals surface area contributed by atoms with E-state index in [1.807, 2.05) is 24.3 Å². The van der Waals surface area contributed by atoms with Crippen molar-refractivity contribution in [2.45, 2.75) is 29.4 Å². The number of nitrogens with zero attached hydrogens (tertiary/aromatic N) is 2. The average Bonchev–Trinajstić information content (AvgIpc) is 3.23. The summed E-state index contributed by atoms with van der Waals surface area (Å²) in [5.74, 6) is 0.300. The second-order valence-electron chi connectivity index (χ2n) is 7.34. The van der Waals surface area contributed by atoms with Gasteiger partial charge < -0.3 is 9.64 Å². The largest absolute Gasteiger partial charge is 0.497 e. The molecule has 0 aliphatic carbocycles. The monoisotopic (exact) mass is 446 g/mol. The number of ether oxygens (including phenoxy) is 1. The Balaban J connectivity index is 1.38. The molecular formula is C22H23FN2O3S2. The van der Waals surface area contributed by atoms with Crippen LogP contribution in [0.1, 0.15) is 24.1 Å². The fourth-order valence-corrected chi connectivity index (χ4v) is 6.31. The number of anilines is 1. The number of rotatable bonds is 6. The molecule has 1 aliphatic heterocycles. The first-order chi connectivity index (χ1) is 14.5. The molecule has 0 radical (unpaired) electrons. The smallest absolute Gasteiger partial charge is 0.185 e. The fraction of sp³-hybridized carbons (Fsp3) is 0.318. The molecule has 0 N–H and O–H groups in total. The third-order valence-corrected chi connectivity index (χ3v) is 8.57. The van der Waals surface area contributed by atoms with Gasteiger partial charge in [-0.1, -0.05) is 18.2 Å². The molecule has 1 saturated heterocycles. The number of hydrogen-bond acceptors (Lipinski definition) is 6. The van der Waals surface area contributed by atoms with Gasteiger partial charge in [-0.25, -0.2) is 17.8 Å². The molecule has 4 rings (SSSR count). The molecule has 5 nitrogen and oxygen atoms in total. The SMILES string of the molecule is COc1ccc(Cc2csc(N3CCC(S(=O)(=O)c4cccc(F)c4)CC3)n2)cc1. The van der Waals surface area contributed by atoms with Crippen LogP contribution in [0.15, 0.2) is 58.8 Å². The van der Waals surface area contributed by atoms with E-state index in [0.29, 0.717) is 25.9 Å². The van der Waals surface area contributed by atoms with Gasteiger partial charge in [0.15, 0.2) is 15.0 Å². The topological polar surface area (TPSA) is 59.5 Å². The number of hydrogen-bond donors (Lipinski definition) is 0. The van der Waals surface area contributed by atoms with Gasteiger partial charge >= 0.3 is 0 Å². The molecule has 2 aromatic carbocycles. The summed E-state index contributed by atoms with van der Waals surface area (Å²) in [5.41, 5.74) is 2.15. The van der Waals surface area contributed by atoms with E-state index in [4.69, 9.17) is 9.72 Å². The van der Waals surface area contributed by atoms with Crippen LogP contribution in [0.5, 0.6) is 5.75 Å². The molecule has 8 heteroatoms. The highest BCUT2D eigenvalue weighted by atomic mass is 32.2. The summed E-state index contributed by atoms with van der Waals surface area (Å²) < 4.78 is 44.3. The first-order valence-electron chi connectivity index (χ1n) is 9.77.